The van der Waals surface area contributed by atoms with Crippen LogP contribution in [0, 0.1) is 5.82 Å². The van der Waals surface area contributed by atoms with Gasteiger partial charge in [0.15, 0.2) is 0 Å². The van der Waals surface area contributed by atoms with Crippen molar-refractivity contribution in [3.05, 3.63) is 66.0 Å². The summed E-state index contributed by atoms with van der Waals surface area (Å²) in [5, 5.41) is 10.3. The van der Waals surface area contributed by atoms with E-state index in [4.69, 9.17) is 9.47 Å². The lowest BCUT2D eigenvalue weighted by atomic mass is 9.94. The number of rotatable bonds is 4. The number of benzene rings is 2. The maximum Gasteiger partial charge on any atom is 0.257 e. The van der Waals surface area contributed by atoms with Crippen LogP contribution >= 0.6 is 0 Å². The molecule has 0 spiro atoms. The first-order valence-electron chi connectivity index (χ1n) is 13.0. The van der Waals surface area contributed by atoms with Crippen LogP contribution in [-0.4, -0.2) is 97.0 Å². The zero-order chi connectivity index (χ0) is 25.8. The van der Waals surface area contributed by atoms with Gasteiger partial charge < -0.3 is 29.3 Å². The van der Waals surface area contributed by atoms with Crippen molar-refractivity contribution in [1.82, 2.24) is 9.80 Å². The van der Waals surface area contributed by atoms with E-state index >= 15 is 0 Å². The maximum atomic E-state index is 14.4. The van der Waals surface area contributed by atoms with E-state index < -0.39 is 23.9 Å². The van der Waals surface area contributed by atoms with Crippen molar-refractivity contribution in [3.63, 3.8) is 0 Å². The van der Waals surface area contributed by atoms with Gasteiger partial charge in [0.05, 0.1) is 43.4 Å². The van der Waals surface area contributed by atoms with E-state index in [-0.39, 0.29) is 49.8 Å². The summed E-state index contributed by atoms with van der Waals surface area (Å²) in [5.74, 6) is -0.995. The number of hydrogen-bond acceptors (Lipinski definition) is 6. The van der Waals surface area contributed by atoms with Crippen LogP contribution in [0.2, 0.25) is 0 Å². The lowest BCUT2D eigenvalue weighted by Crippen LogP contribution is -2.58. The largest absolute Gasteiger partial charge is 0.389 e. The Bertz CT molecular complexity index is 1080. The SMILES string of the molecule is O=C(C[C@@H]1CC[C@@H]2[C@H](COC[C@H](O)CN2C(=O)c2ccccc2F)O1)N1CCN(c2ccccc2)CC1. The van der Waals surface area contributed by atoms with Gasteiger partial charge in [0.1, 0.15) is 11.9 Å². The molecule has 9 heteroatoms. The summed E-state index contributed by atoms with van der Waals surface area (Å²) in [7, 11) is 0. The normalized spacial score (nSPS) is 26.7. The Kier molecular flexibility index (Phi) is 8.02. The Labute approximate surface area is 216 Å². The molecule has 37 heavy (non-hydrogen) atoms. The van der Waals surface area contributed by atoms with Crippen LogP contribution in [0.25, 0.3) is 0 Å². The molecule has 1 N–H and O–H groups in total. The molecule has 0 aliphatic carbocycles. The minimum atomic E-state index is -0.870. The molecular formula is C28H34FN3O5. The molecule has 3 aliphatic rings. The molecule has 3 saturated heterocycles. The summed E-state index contributed by atoms with van der Waals surface area (Å²) in [6.45, 7) is 3.19. The van der Waals surface area contributed by atoms with Gasteiger partial charge in [0, 0.05) is 38.4 Å². The Morgan fingerprint density at radius 1 is 0.946 bits per heavy atom. The standard InChI is InChI=1S/C28H34FN3O5/c29-24-9-5-4-8-23(24)28(35)32-17-21(33)18-36-19-26-25(32)11-10-22(37-26)16-27(34)31-14-12-30(13-15-31)20-6-2-1-3-7-20/h1-9,21-22,25-26,33H,10-19H2/t21-,22+,25-,26+/m1/s1. The van der Waals surface area contributed by atoms with Crippen LogP contribution in [0.15, 0.2) is 54.6 Å². The van der Waals surface area contributed by atoms with Gasteiger partial charge in [-0.2, -0.15) is 0 Å². The van der Waals surface area contributed by atoms with Crippen LogP contribution in [0.5, 0.6) is 0 Å². The minimum Gasteiger partial charge on any atom is -0.389 e. The van der Waals surface area contributed by atoms with Gasteiger partial charge in [0.25, 0.3) is 5.91 Å². The molecule has 3 heterocycles. The topological polar surface area (TPSA) is 82.5 Å². The lowest BCUT2D eigenvalue weighted by molar-refractivity contribution is -0.155. The fourth-order valence-electron chi connectivity index (χ4n) is 5.54. The fraction of sp³-hybridized carbons (Fsp3) is 0.500. The van der Waals surface area contributed by atoms with Crippen LogP contribution < -0.4 is 4.90 Å². The molecule has 0 bridgehead atoms. The number of amides is 2. The molecule has 3 aliphatic heterocycles. The van der Waals surface area contributed by atoms with E-state index in [0.717, 1.165) is 13.1 Å². The third kappa shape index (κ3) is 5.95. The Balaban J connectivity index is 1.20. The first-order valence-corrected chi connectivity index (χ1v) is 13.0. The molecule has 0 unspecified atom stereocenters. The predicted octanol–water partition coefficient (Wildman–Crippen LogP) is 2.31. The number of carbonyl (C=O) groups is 2. The number of para-hydroxylation sites is 1. The number of carbonyl (C=O) groups excluding carboxylic acids is 2. The van der Waals surface area contributed by atoms with E-state index in [2.05, 4.69) is 17.0 Å². The lowest BCUT2D eigenvalue weighted by Gasteiger charge is -2.45. The first-order chi connectivity index (χ1) is 18.0. The molecule has 0 radical (unpaired) electrons. The smallest absolute Gasteiger partial charge is 0.257 e. The quantitative estimate of drug-likeness (QED) is 0.679. The number of nitrogens with zero attached hydrogens (tertiary/aromatic N) is 3. The van der Waals surface area contributed by atoms with Gasteiger partial charge >= 0.3 is 0 Å². The third-order valence-electron chi connectivity index (χ3n) is 7.50. The summed E-state index contributed by atoms with van der Waals surface area (Å²) in [4.78, 5) is 32.1. The number of β-amino-alcohol motifs (C(OH)–C–C–N with tert-alkyl or cyclic N) is 1. The van der Waals surface area contributed by atoms with E-state index in [1.54, 1.807) is 6.07 Å². The van der Waals surface area contributed by atoms with Crippen LogP contribution in [0.3, 0.4) is 0 Å². The number of anilines is 1. The molecule has 8 nitrogen and oxygen atoms in total. The summed E-state index contributed by atoms with van der Waals surface area (Å²) in [6, 6.07) is 15.7. The Hall–Kier alpha value is -3.01. The molecule has 2 amide bonds. The van der Waals surface area contributed by atoms with E-state index in [1.807, 2.05) is 23.1 Å². The van der Waals surface area contributed by atoms with Crippen LogP contribution in [-0.2, 0) is 14.3 Å². The average molecular weight is 512 g/mol. The molecule has 2 aromatic carbocycles. The monoisotopic (exact) mass is 511 g/mol. The molecule has 0 saturated carbocycles. The molecule has 198 valence electrons. The van der Waals surface area contributed by atoms with E-state index in [0.29, 0.717) is 25.9 Å². The molecule has 4 atom stereocenters. The van der Waals surface area contributed by atoms with Crippen molar-refractivity contribution in [2.45, 2.75) is 43.6 Å². The summed E-state index contributed by atoms with van der Waals surface area (Å²) in [5.41, 5.74) is 1.14. The van der Waals surface area contributed by atoms with Crippen molar-refractivity contribution in [1.29, 1.82) is 0 Å². The molecule has 2 aromatic rings. The van der Waals surface area contributed by atoms with Crippen LogP contribution in [0.1, 0.15) is 29.6 Å². The highest BCUT2D eigenvalue weighted by Crippen LogP contribution is 2.29. The predicted molar refractivity (Wildman–Crippen MR) is 136 cm³/mol. The second kappa shape index (κ2) is 11.6. The van der Waals surface area contributed by atoms with Crippen LogP contribution in [0.4, 0.5) is 10.1 Å². The van der Waals surface area contributed by atoms with Crippen molar-refractivity contribution in [2.75, 3.05) is 50.8 Å². The molecule has 5 rings (SSSR count). The first kappa shape index (κ1) is 25.6. The number of halogens is 1. The second-order valence-electron chi connectivity index (χ2n) is 9.98. The van der Waals surface area contributed by atoms with Gasteiger partial charge in [0.2, 0.25) is 5.91 Å². The Morgan fingerprint density at radius 3 is 2.43 bits per heavy atom. The van der Waals surface area contributed by atoms with Gasteiger partial charge in [-0.15, -0.1) is 0 Å². The van der Waals surface area contributed by atoms with E-state index in [1.165, 1.54) is 28.8 Å². The average Bonchev–Trinajstić information content (AvgIpc) is 2.91. The summed E-state index contributed by atoms with van der Waals surface area (Å²) >= 11 is 0. The summed E-state index contributed by atoms with van der Waals surface area (Å²) in [6.07, 6.45) is -0.151. The highest BCUT2D eigenvalue weighted by Gasteiger charge is 2.41. The minimum absolute atomic E-state index is 0.0260. The zero-order valence-electron chi connectivity index (χ0n) is 20.9. The van der Waals surface area contributed by atoms with Gasteiger partial charge in [-0.1, -0.05) is 30.3 Å². The highest BCUT2D eigenvalue weighted by molar-refractivity contribution is 5.94. The molecule has 3 fully saturated rings. The number of hydrogen-bond donors (Lipinski definition) is 1. The summed E-state index contributed by atoms with van der Waals surface area (Å²) < 4.78 is 26.3. The zero-order valence-corrected chi connectivity index (χ0v) is 20.9. The number of aliphatic hydroxyl groups excluding tert-OH is 1. The van der Waals surface area contributed by atoms with E-state index in [9.17, 15) is 19.1 Å². The highest BCUT2D eigenvalue weighted by atomic mass is 19.1. The second-order valence-corrected chi connectivity index (χ2v) is 9.98. The fourth-order valence-corrected chi connectivity index (χ4v) is 5.54. The third-order valence-corrected chi connectivity index (χ3v) is 7.50. The van der Waals surface area contributed by atoms with Crippen molar-refractivity contribution >= 4 is 17.5 Å². The van der Waals surface area contributed by atoms with Gasteiger partial charge in [-0.05, 0) is 37.1 Å². The van der Waals surface area contributed by atoms with Crippen molar-refractivity contribution in [3.8, 4) is 0 Å². The Morgan fingerprint density at radius 2 is 1.68 bits per heavy atom. The number of fused-ring (bicyclic) bond motifs is 1. The van der Waals surface area contributed by atoms with Gasteiger partial charge in [-0.25, -0.2) is 4.39 Å². The number of piperazine rings is 1. The number of ether oxygens (including phenoxy) is 2. The molecular weight excluding hydrogens is 477 g/mol. The maximum absolute atomic E-state index is 14.4. The van der Waals surface area contributed by atoms with Crippen molar-refractivity contribution < 1.29 is 28.6 Å². The van der Waals surface area contributed by atoms with Gasteiger partial charge in [-0.3, -0.25) is 9.59 Å². The molecule has 0 aromatic heterocycles. The van der Waals surface area contributed by atoms with Crippen molar-refractivity contribution in [2.24, 2.45) is 0 Å². The number of aliphatic hydroxyl groups is 1.